The van der Waals surface area contributed by atoms with E-state index in [-0.39, 0.29) is 36.1 Å². The Balaban J connectivity index is 0.00000338. The van der Waals surface area contributed by atoms with E-state index in [4.69, 9.17) is 9.47 Å². The van der Waals surface area contributed by atoms with Gasteiger partial charge in [0.2, 0.25) is 0 Å². The normalized spacial score (nSPS) is 19.8. The molecule has 0 radical (unpaired) electrons. The summed E-state index contributed by atoms with van der Waals surface area (Å²) in [4.78, 5) is 20.9. The minimum atomic E-state index is -0.454. The van der Waals surface area contributed by atoms with E-state index in [1.165, 1.54) is 0 Å². The first-order valence-corrected chi connectivity index (χ1v) is 9.37. The van der Waals surface area contributed by atoms with Crippen molar-refractivity contribution in [2.45, 2.75) is 52.7 Å². The molecule has 0 aliphatic carbocycles. The number of carbonyl (C=O) groups excluding carboxylic acids is 1. The second-order valence-corrected chi connectivity index (χ2v) is 8.19. The Hall–Kier alpha value is -0.770. The Labute approximate surface area is 174 Å². The molecule has 2 aliphatic rings. The van der Waals surface area contributed by atoms with Crippen molar-refractivity contribution in [3.05, 3.63) is 0 Å². The fourth-order valence-electron chi connectivity index (χ4n) is 2.92. The van der Waals surface area contributed by atoms with E-state index >= 15 is 0 Å². The number of hydrogen-bond donors (Lipinski definition) is 1. The quantitative estimate of drug-likeness (QED) is 0.466. The minimum absolute atomic E-state index is 0. The molecule has 152 valence electrons. The van der Waals surface area contributed by atoms with Crippen molar-refractivity contribution >= 4 is 36.0 Å². The first-order chi connectivity index (χ1) is 11.8. The molecule has 1 fully saturated rings. The highest BCUT2D eigenvalue weighted by Gasteiger charge is 2.36. The van der Waals surface area contributed by atoms with Crippen molar-refractivity contribution in [3.8, 4) is 0 Å². The van der Waals surface area contributed by atoms with Crippen LogP contribution in [0.25, 0.3) is 0 Å². The Bertz CT molecular complexity index is 480. The van der Waals surface area contributed by atoms with Gasteiger partial charge in [0.15, 0.2) is 5.96 Å². The number of amides is 1. The van der Waals surface area contributed by atoms with Gasteiger partial charge in [-0.3, -0.25) is 4.99 Å². The molecule has 1 N–H and O–H groups in total. The van der Waals surface area contributed by atoms with Crippen LogP contribution in [0.2, 0.25) is 0 Å². The van der Waals surface area contributed by atoms with Gasteiger partial charge in [0.25, 0.3) is 0 Å². The van der Waals surface area contributed by atoms with Gasteiger partial charge >= 0.3 is 6.09 Å². The molecule has 0 saturated carbocycles. The molecule has 0 bridgehead atoms. The molecule has 1 amide bonds. The Morgan fingerprint density at radius 2 is 2.08 bits per heavy atom. The van der Waals surface area contributed by atoms with E-state index < -0.39 is 5.60 Å². The van der Waals surface area contributed by atoms with Crippen molar-refractivity contribution in [2.75, 3.05) is 45.9 Å². The van der Waals surface area contributed by atoms with Crippen molar-refractivity contribution in [1.29, 1.82) is 0 Å². The first kappa shape index (κ1) is 23.3. The lowest BCUT2D eigenvalue weighted by atomic mass is 10.2. The topological polar surface area (TPSA) is 66.4 Å². The number of ether oxygens (including phenoxy) is 2. The van der Waals surface area contributed by atoms with E-state index in [0.29, 0.717) is 19.0 Å². The van der Waals surface area contributed by atoms with Gasteiger partial charge in [0.1, 0.15) is 5.60 Å². The summed E-state index contributed by atoms with van der Waals surface area (Å²) in [7, 11) is 0. The number of nitrogens with zero attached hydrogens (tertiary/aromatic N) is 3. The van der Waals surface area contributed by atoms with Crippen LogP contribution in [0.15, 0.2) is 4.99 Å². The van der Waals surface area contributed by atoms with Crippen molar-refractivity contribution < 1.29 is 14.3 Å². The minimum Gasteiger partial charge on any atom is -0.444 e. The summed E-state index contributed by atoms with van der Waals surface area (Å²) in [6.45, 7) is 15.3. The molecule has 0 aromatic carbocycles. The van der Waals surface area contributed by atoms with Gasteiger partial charge in [-0.2, -0.15) is 0 Å². The molecular formula is C18H35IN4O3. The predicted molar refractivity (Wildman–Crippen MR) is 114 cm³/mol. The molecule has 26 heavy (non-hydrogen) atoms. The van der Waals surface area contributed by atoms with Gasteiger partial charge in [0, 0.05) is 39.4 Å². The Morgan fingerprint density at radius 3 is 2.73 bits per heavy atom. The van der Waals surface area contributed by atoms with Crippen LogP contribution >= 0.6 is 24.0 Å². The molecule has 2 heterocycles. The van der Waals surface area contributed by atoms with E-state index in [9.17, 15) is 4.79 Å². The highest BCUT2D eigenvalue weighted by atomic mass is 127. The maximum absolute atomic E-state index is 12.2. The molecule has 7 nitrogen and oxygen atoms in total. The molecule has 0 aromatic rings. The van der Waals surface area contributed by atoms with Gasteiger partial charge in [0.05, 0.1) is 12.6 Å². The molecule has 1 saturated heterocycles. The molecule has 2 aliphatic heterocycles. The van der Waals surface area contributed by atoms with Crippen LogP contribution < -0.4 is 5.32 Å². The third kappa shape index (κ3) is 7.46. The smallest absolute Gasteiger partial charge is 0.410 e. The number of hydrogen-bond acceptors (Lipinski definition) is 6. The fourth-order valence-corrected chi connectivity index (χ4v) is 2.92. The summed E-state index contributed by atoms with van der Waals surface area (Å²) >= 11 is 0. The average Bonchev–Trinajstić information content (AvgIpc) is 2.91. The maximum atomic E-state index is 12.2. The molecule has 2 rings (SSSR count). The zero-order valence-corrected chi connectivity index (χ0v) is 19.1. The summed E-state index contributed by atoms with van der Waals surface area (Å²) in [6, 6.07) is 0.251. The van der Waals surface area contributed by atoms with Gasteiger partial charge < -0.3 is 24.6 Å². The number of carbonyl (C=O) groups is 1. The first-order valence-electron chi connectivity index (χ1n) is 9.37. The Morgan fingerprint density at radius 1 is 1.35 bits per heavy atom. The number of fused-ring (bicyclic) bond motifs is 1. The number of nitrogens with one attached hydrogen (secondary N) is 1. The van der Waals surface area contributed by atoms with Gasteiger partial charge in [-0.15, -0.1) is 24.0 Å². The van der Waals surface area contributed by atoms with Crippen LogP contribution in [-0.2, 0) is 9.47 Å². The van der Waals surface area contributed by atoms with Gasteiger partial charge in [-0.1, -0.05) is 13.8 Å². The van der Waals surface area contributed by atoms with Crippen LogP contribution in [0.4, 0.5) is 4.79 Å². The number of guanidine groups is 1. The predicted octanol–water partition coefficient (Wildman–Crippen LogP) is 2.55. The van der Waals surface area contributed by atoms with Crippen LogP contribution in [0.5, 0.6) is 0 Å². The van der Waals surface area contributed by atoms with E-state index in [0.717, 1.165) is 45.2 Å². The maximum Gasteiger partial charge on any atom is 0.410 e. The summed E-state index contributed by atoms with van der Waals surface area (Å²) in [5.41, 5.74) is -0.454. The third-order valence-electron chi connectivity index (χ3n) is 4.06. The van der Waals surface area contributed by atoms with Crippen molar-refractivity contribution in [2.24, 2.45) is 10.9 Å². The summed E-state index contributed by atoms with van der Waals surface area (Å²) < 4.78 is 11.1. The van der Waals surface area contributed by atoms with Crippen LogP contribution in [0, 0.1) is 5.92 Å². The van der Waals surface area contributed by atoms with E-state index in [2.05, 4.69) is 29.1 Å². The van der Waals surface area contributed by atoms with Gasteiger partial charge in [-0.05, 0) is 33.1 Å². The SMILES string of the molecule is CC(C)COCCCNC1=NCC2CN(C(=O)OC(C)(C)C)CCN12.I. The van der Waals surface area contributed by atoms with Crippen molar-refractivity contribution in [3.63, 3.8) is 0 Å². The molecule has 0 spiro atoms. The fraction of sp³-hybridized carbons (Fsp3) is 0.889. The van der Waals surface area contributed by atoms with Gasteiger partial charge in [-0.25, -0.2) is 4.79 Å². The second-order valence-electron chi connectivity index (χ2n) is 8.19. The zero-order chi connectivity index (χ0) is 18.4. The summed E-state index contributed by atoms with van der Waals surface area (Å²) in [6.07, 6.45) is 0.740. The second kappa shape index (κ2) is 10.5. The van der Waals surface area contributed by atoms with Crippen LogP contribution in [0.3, 0.4) is 0 Å². The largest absolute Gasteiger partial charge is 0.444 e. The summed E-state index contributed by atoms with van der Waals surface area (Å²) in [5, 5.41) is 3.41. The molecule has 1 atom stereocenters. The van der Waals surface area contributed by atoms with E-state index in [1.54, 1.807) is 4.90 Å². The highest BCUT2D eigenvalue weighted by Crippen LogP contribution is 2.18. The number of piperazine rings is 1. The highest BCUT2D eigenvalue weighted by molar-refractivity contribution is 14.0. The standard InChI is InChI=1S/C18H34N4O3.HI/c1-14(2)13-24-10-6-7-19-16-20-11-15-12-21(8-9-22(15)16)17(23)25-18(3,4)5;/h14-15H,6-13H2,1-5H3,(H,19,20);1H. The lowest BCUT2D eigenvalue weighted by Crippen LogP contribution is -2.57. The molecule has 1 unspecified atom stereocenters. The monoisotopic (exact) mass is 482 g/mol. The number of rotatable bonds is 6. The Kier molecular flexibility index (Phi) is 9.43. The third-order valence-corrected chi connectivity index (χ3v) is 4.06. The zero-order valence-electron chi connectivity index (χ0n) is 16.8. The van der Waals surface area contributed by atoms with Crippen molar-refractivity contribution in [1.82, 2.24) is 15.1 Å². The molecule has 0 aromatic heterocycles. The lowest BCUT2D eigenvalue weighted by Gasteiger charge is -2.39. The van der Waals surface area contributed by atoms with E-state index in [1.807, 2.05) is 20.8 Å². The van der Waals surface area contributed by atoms with Crippen LogP contribution in [0.1, 0.15) is 41.0 Å². The molecule has 8 heteroatoms. The number of halogens is 1. The number of aliphatic imine (C=N–C) groups is 1. The molecular weight excluding hydrogens is 447 g/mol. The average molecular weight is 482 g/mol. The van der Waals surface area contributed by atoms with Crippen LogP contribution in [-0.4, -0.2) is 79.4 Å². The lowest BCUT2D eigenvalue weighted by molar-refractivity contribution is 0.0137. The summed E-state index contributed by atoms with van der Waals surface area (Å²) in [5.74, 6) is 1.53.